The van der Waals surface area contributed by atoms with Gasteiger partial charge in [0.25, 0.3) is 15.9 Å². The van der Waals surface area contributed by atoms with Crippen LogP contribution in [0.15, 0.2) is 86.6 Å². The van der Waals surface area contributed by atoms with E-state index in [0.29, 0.717) is 4.47 Å². The fraction of sp³-hybridized carbons (Fsp3) is 0.0500. The summed E-state index contributed by atoms with van der Waals surface area (Å²) in [6.07, 6.45) is 0. The molecule has 3 rings (SSSR count). The van der Waals surface area contributed by atoms with E-state index in [9.17, 15) is 13.2 Å². The fourth-order valence-electron chi connectivity index (χ4n) is 2.41. The van der Waals surface area contributed by atoms with Gasteiger partial charge >= 0.3 is 0 Å². The van der Waals surface area contributed by atoms with Crippen LogP contribution in [0.3, 0.4) is 0 Å². The SMILES string of the molecule is O=C(NS(=O)(=O)c1ccc(Br)cc1)c1cccc(Br)c1OCc1ccccc1. The van der Waals surface area contributed by atoms with E-state index >= 15 is 0 Å². The van der Waals surface area contributed by atoms with Crippen molar-refractivity contribution in [1.82, 2.24) is 4.72 Å². The molecule has 1 N–H and O–H groups in total. The quantitative estimate of drug-likeness (QED) is 0.497. The Kier molecular flexibility index (Phi) is 6.53. The van der Waals surface area contributed by atoms with Crippen LogP contribution in [0.2, 0.25) is 0 Å². The van der Waals surface area contributed by atoms with E-state index in [1.807, 2.05) is 30.3 Å². The topological polar surface area (TPSA) is 72.5 Å². The molecule has 0 unspecified atom stereocenters. The van der Waals surface area contributed by atoms with Gasteiger partial charge in [0.1, 0.15) is 12.4 Å². The third-order valence-electron chi connectivity index (χ3n) is 3.79. The first-order chi connectivity index (χ1) is 13.4. The minimum absolute atomic E-state index is 0.00852. The van der Waals surface area contributed by atoms with Gasteiger partial charge < -0.3 is 4.74 Å². The zero-order valence-electron chi connectivity index (χ0n) is 14.4. The van der Waals surface area contributed by atoms with Crippen molar-refractivity contribution in [3.63, 3.8) is 0 Å². The van der Waals surface area contributed by atoms with Crippen LogP contribution in [-0.2, 0) is 16.6 Å². The van der Waals surface area contributed by atoms with E-state index < -0.39 is 15.9 Å². The molecule has 5 nitrogen and oxygen atoms in total. The zero-order valence-corrected chi connectivity index (χ0v) is 18.4. The van der Waals surface area contributed by atoms with Crippen LogP contribution in [-0.4, -0.2) is 14.3 Å². The molecule has 8 heteroatoms. The van der Waals surface area contributed by atoms with E-state index in [2.05, 4.69) is 36.6 Å². The first kappa shape index (κ1) is 20.6. The molecule has 0 aromatic heterocycles. The number of hydrogen-bond donors (Lipinski definition) is 1. The van der Waals surface area contributed by atoms with Crippen molar-refractivity contribution in [3.8, 4) is 5.75 Å². The van der Waals surface area contributed by atoms with Crippen molar-refractivity contribution < 1.29 is 17.9 Å². The maximum atomic E-state index is 12.7. The van der Waals surface area contributed by atoms with Crippen molar-refractivity contribution in [2.45, 2.75) is 11.5 Å². The Hall–Kier alpha value is -2.16. The van der Waals surface area contributed by atoms with E-state index in [1.165, 1.54) is 18.2 Å². The molecule has 0 aliphatic rings. The average molecular weight is 525 g/mol. The second-order valence-electron chi connectivity index (χ2n) is 5.78. The molecule has 0 saturated heterocycles. The summed E-state index contributed by atoms with van der Waals surface area (Å²) in [6, 6.07) is 20.3. The molecular formula is C20H15Br2NO4S. The van der Waals surface area contributed by atoms with Gasteiger partial charge in [-0.05, 0) is 57.9 Å². The fourth-order valence-corrected chi connectivity index (χ4v) is 4.13. The van der Waals surface area contributed by atoms with Gasteiger partial charge in [-0.3, -0.25) is 4.79 Å². The molecule has 0 bridgehead atoms. The number of para-hydroxylation sites is 1. The monoisotopic (exact) mass is 523 g/mol. The molecule has 0 radical (unpaired) electrons. The summed E-state index contributed by atoms with van der Waals surface area (Å²) >= 11 is 6.61. The van der Waals surface area contributed by atoms with Gasteiger partial charge in [0, 0.05) is 4.47 Å². The molecule has 0 atom stereocenters. The number of halogens is 2. The van der Waals surface area contributed by atoms with E-state index in [1.54, 1.807) is 24.3 Å². The summed E-state index contributed by atoms with van der Waals surface area (Å²) < 4.78 is 34.2. The van der Waals surface area contributed by atoms with Crippen molar-refractivity contribution >= 4 is 47.8 Å². The molecule has 0 aliphatic heterocycles. The summed E-state index contributed by atoms with van der Waals surface area (Å²) in [6.45, 7) is 0.239. The predicted molar refractivity (Wildman–Crippen MR) is 114 cm³/mol. The van der Waals surface area contributed by atoms with Gasteiger partial charge in [0.05, 0.1) is 14.9 Å². The Labute approximate surface area is 180 Å². The molecule has 0 saturated carbocycles. The lowest BCUT2D eigenvalue weighted by molar-refractivity contribution is 0.0977. The minimum atomic E-state index is -4.01. The summed E-state index contributed by atoms with van der Waals surface area (Å²) in [5, 5.41) is 0. The molecule has 0 heterocycles. The Morgan fingerprint density at radius 2 is 1.57 bits per heavy atom. The highest BCUT2D eigenvalue weighted by molar-refractivity contribution is 9.10. The lowest BCUT2D eigenvalue weighted by Crippen LogP contribution is -2.31. The highest BCUT2D eigenvalue weighted by Crippen LogP contribution is 2.30. The molecule has 1 amide bonds. The lowest BCUT2D eigenvalue weighted by Gasteiger charge is -2.14. The Morgan fingerprint density at radius 1 is 0.893 bits per heavy atom. The molecule has 3 aromatic rings. The molecule has 0 aliphatic carbocycles. The molecule has 28 heavy (non-hydrogen) atoms. The summed E-state index contributed by atoms with van der Waals surface area (Å²) in [5.74, 6) is -0.498. The number of benzene rings is 3. The van der Waals surface area contributed by atoms with Gasteiger partial charge in [-0.2, -0.15) is 0 Å². The number of nitrogens with one attached hydrogen (secondary N) is 1. The second kappa shape index (κ2) is 8.89. The van der Waals surface area contributed by atoms with Gasteiger partial charge in [0.15, 0.2) is 0 Å². The van der Waals surface area contributed by atoms with Crippen LogP contribution in [0.25, 0.3) is 0 Å². The van der Waals surface area contributed by atoms with Crippen LogP contribution in [0.1, 0.15) is 15.9 Å². The number of carbonyl (C=O) groups is 1. The second-order valence-corrected chi connectivity index (χ2v) is 9.23. The smallest absolute Gasteiger partial charge is 0.268 e. The van der Waals surface area contributed by atoms with E-state index in [-0.39, 0.29) is 22.8 Å². The molecule has 0 spiro atoms. The highest BCUT2D eigenvalue weighted by atomic mass is 79.9. The van der Waals surface area contributed by atoms with Crippen LogP contribution in [0.4, 0.5) is 0 Å². The van der Waals surface area contributed by atoms with Gasteiger partial charge in [-0.1, -0.05) is 52.3 Å². The van der Waals surface area contributed by atoms with Crippen molar-refractivity contribution in [3.05, 3.63) is 92.9 Å². The lowest BCUT2D eigenvalue weighted by atomic mass is 10.2. The van der Waals surface area contributed by atoms with Crippen molar-refractivity contribution in [2.75, 3.05) is 0 Å². The van der Waals surface area contributed by atoms with Crippen LogP contribution in [0.5, 0.6) is 5.75 Å². The van der Waals surface area contributed by atoms with Gasteiger partial charge in [-0.25, -0.2) is 13.1 Å². The van der Waals surface area contributed by atoms with Crippen LogP contribution >= 0.6 is 31.9 Å². The van der Waals surface area contributed by atoms with E-state index in [4.69, 9.17) is 4.74 Å². The molecular weight excluding hydrogens is 510 g/mol. The number of sulfonamides is 1. The third-order valence-corrected chi connectivity index (χ3v) is 6.29. The Morgan fingerprint density at radius 3 is 2.25 bits per heavy atom. The highest BCUT2D eigenvalue weighted by Gasteiger charge is 2.22. The first-order valence-corrected chi connectivity index (χ1v) is 11.2. The number of rotatable bonds is 6. The number of hydrogen-bond acceptors (Lipinski definition) is 4. The third kappa shape index (κ3) is 5.01. The number of carbonyl (C=O) groups excluding carboxylic acids is 1. The van der Waals surface area contributed by atoms with E-state index in [0.717, 1.165) is 10.0 Å². The number of ether oxygens (including phenoxy) is 1. The largest absolute Gasteiger partial charge is 0.487 e. The average Bonchev–Trinajstić information content (AvgIpc) is 2.67. The molecule has 3 aromatic carbocycles. The maximum Gasteiger partial charge on any atom is 0.268 e. The van der Waals surface area contributed by atoms with Crippen LogP contribution < -0.4 is 9.46 Å². The van der Waals surface area contributed by atoms with Gasteiger partial charge in [0.2, 0.25) is 0 Å². The van der Waals surface area contributed by atoms with Crippen LogP contribution in [0, 0.1) is 0 Å². The van der Waals surface area contributed by atoms with Gasteiger partial charge in [-0.15, -0.1) is 0 Å². The summed E-state index contributed by atoms with van der Waals surface area (Å²) in [5.41, 5.74) is 1.04. The number of amides is 1. The maximum absolute atomic E-state index is 12.7. The normalized spacial score (nSPS) is 11.1. The first-order valence-electron chi connectivity index (χ1n) is 8.15. The Balaban J connectivity index is 1.83. The molecule has 144 valence electrons. The minimum Gasteiger partial charge on any atom is -0.487 e. The molecule has 0 fully saturated rings. The predicted octanol–water partition coefficient (Wildman–Crippen LogP) is 4.91. The summed E-state index contributed by atoms with van der Waals surface area (Å²) in [4.78, 5) is 12.7. The standard InChI is InChI=1S/C20H15Br2NO4S/c21-15-9-11-16(12-10-15)28(25,26)23-20(24)17-7-4-8-18(22)19(17)27-13-14-5-2-1-3-6-14/h1-12H,13H2,(H,23,24). The zero-order chi connectivity index (χ0) is 20.1. The summed E-state index contributed by atoms with van der Waals surface area (Å²) in [7, 11) is -4.01. The Bertz CT molecular complexity index is 1080. The van der Waals surface area contributed by atoms with Crippen molar-refractivity contribution in [2.24, 2.45) is 0 Å². The van der Waals surface area contributed by atoms with Crippen molar-refractivity contribution in [1.29, 1.82) is 0 Å².